The zero-order chi connectivity index (χ0) is 19.2. The Bertz CT molecular complexity index is 891. The standard InChI is InChI=1S/C20H20N2O5/c1-13-17(14(2)27-22-13)11-25-16-7-5-15(6-8-16)10-20(24)26-12-19(23)18-4-3-9-21-18/h3-9,21H,10-12H2,1-2H3. The molecule has 0 aliphatic rings. The van der Waals surface area contributed by atoms with Crippen molar-refractivity contribution in [2.75, 3.05) is 6.61 Å². The molecule has 2 heterocycles. The predicted molar refractivity (Wildman–Crippen MR) is 96.5 cm³/mol. The Morgan fingerprint density at radius 2 is 1.93 bits per heavy atom. The van der Waals surface area contributed by atoms with Crippen molar-refractivity contribution >= 4 is 11.8 Å². The van der Waals surface area contributed by atoms with Crippen molar-refractivity contribution in [1.82, 2.24) is 10.1 Å². The number of nitrogens with one attached hydrogen (secondary N) is 1. The molecule has 27 heavy (non-hydrogen) atoms. The van der Waals surface area contributed by atoms with Crippen LogP contribution in [0.1, 0.15) is 33.1 Å². The quantitative estimate of drug-likeness (QED) is 0.485. The Morgan fingerprint density at radius 3 is 2.56 bits per heavy atom. The minimum absolute atomic E-state index is 0.0855. The van der Waals surface area contributed by atoms with E-state index in [0.29, 0.717) is 18.1 Å². The summed E-state index contributed by atoms with van der Waals surface area (Å²) in [5.74, 6) is 0.686. The molecule has 7 nitrogen and oxygen atoms in total. The third-order valence-electron chi connectivity index (χ3n) is 4.10. The van der Waals surface area contributed by atoms with E-state index in [1.807, 2.05) is 13.8 Å². The van der Waals surface area contributed by atoms with Crippen molar-refractivity contribution in [2.24, 2.45) is 0 Å². The van der Waals surface area contributed by atoms with Gasteiger partial charge in [-0.2, -0.15) is 0 Å². The first-order valence-corrected chi connectivity index (χ1v) is 8.48. The highest BCUT2D eigenvalue weighted by molar-refractivity contribution is 5.96. The molecule has 0 amide bonds. The molecule has 0 aliphatic heterocycles. The number of hydrogen-bond donors (Lipinski definition) is 1. The molecular formula is C20H20N2O5. The number of benzene rings is 1. The lowest BCUT2D eigenvalue weighted by atomic mass is 10.1. The van der Waals surface area contributed by atoms with Crippen molar-refractivity contribution < 1.29 is 23.6 Å². The van der Waals surface area contributed by atoms with Gasteiger partial charge in [-0.3, -0.25) is 9.59 Å². The lowest BCUT2D eigenvalue weighted by molar-refractivity contribution is -0.141. The van der Waals surface area contributed by atoms with Gasteiger partial charge in [-0.05, 0) is 43.7 Å². The van der Waals surface area contributed by atoms with E-state index in [0.717, 1.165) is 22.6 Å². The van der Waals surface area contributed by atoms with Crippen LogP contribution in [0.25, 0.3) is 0 Å². The van der Waals surface area contributed by atoms with Gasteiger partial charge in [-0.15, -0.1) is 0 Å². The van der Waals surface area contributed by atoms with E-state index in [9.17, 15) is 9.59 Å². The van der Waals surface area contributed by atoms with Crippen LogP contribution >= 0.6 is 0 Å². The summed E-state index contributed by atoms with van der Waals surface area (Å²) in [6, 6.07) is 10.5. The molecule has 1 aromatic carbocycles. The van der Waals surface area contributed by atoms with Crippen LogP contribution in [0.4, 0.5) is 0 Å². The van der Waals surface area contributed by atoms with Gasteiger partial charge in [0.15, 0.2) is 6.61 Å². The van der Waals surface area contributed by atoms with Crippen molar-refractivity contribution in [1.29, 1.82) is 0 Å². The number of ketones is 1. The zero-order valence-corrected chi connectivity index (χ0v) is 15.2. The molecule has 3 rings (SSSR count). The number of hydrogen-bond acceptors (Lipinski definition) is 6. The Labute approximate surface area is 156 Å². The highest BCUT2D eigenvalue weighted by Crippen LogP contribution is 2.18. The van der Waals surface area contributed by atoms with Gasteiger partial charge in [-0.25, -0.2) is 0 Å². The highest BCUT2D eigenvalue weighted by atomic mass is 16.5. The number of rotatable bonds is 8. The van der Waals surface area contributed by atoms with Crippen LogP contribution in [0.3, 0.4) is 0 Å². The minimum atomic E-state index is -0.459. The molecule has 0 fully saturated rings. The van der Waals surface area contributed by atoms with E-state index in [-0.39, 0.29) is 18.8 Å². The van der Waals surface area contributed by atoms with Gasteiger partial charge in [0.05, 0.1) is 23.4 Å². The molecule has 0 saturated carbocycles. The summed E-state index contributed by atoms with van der Waals surface area (Å²) >= 11 is 0. The van der Waals surface area contributed by atoms with Crippen LogP contribution in [0, 0.1) is 13.8 Å². The number of aromatic nitrogens is 2. The average Bonchev–Trinajstić information content (AvgIpc) is 3.30. The monoisotopic (exact) mass is 368 g/mol. The van der Waals surface area contributed by atoms with Crippen molar-refractivity contribution in [2.45, 2.75) is 26.9 Å². The topological polar surface area (TPSA) is 94.4 Å². The fourth-order valence-corrected chi connectivity index (χ4v) is 2.51. The molecule has 3 aromatic rings. The Morgan fingerprint density at radius 1 is 1.15 bits per heavy atom. The first-order chi connectivity index (χ1) is 13.0. The molecule has 0 bridgehead atoms. The van der Waals surface area contributed by atoms with Crippen molar-refractivity contribution in [3.8, 4) is 5.75 Å². The number of aromatic amines is 1. The molecular weight excluding hydrogens is 348 g/mol. The van der Waals surface area contributed by atoms with Crippen LogP contribution in [0.15, 0.2) is 47.1 Å². The molecule has 0 atom stereocenters. The third-order valence-corrected chi connectivity index (χ3v) is 4.10. The van der Waals surface area contributed by atoms with E-state index in [4.69, 9.17) is 14.0 Å². The molecule has 0 saturated heterocycles. The second-order valence-corrected chi connectivity index (χ2v) is 6.08. The lowest BCUT2D eigenvalue weighted by Crippen LogP contribution is -2.15. The lowest BCUT2D eigenvalue weighted by Gasteiger charge is -2.07. The molecule has 1 N–H and O–H groups in total. The summed E-state index contributed by atoms with van der Waals surface area (Å²) in [5.41, 5.74) is 2.93. The SMILES string of the molecule is Cc1noc(C)c1COc1ccc(CC(=O)OCC(=O)c2ccc[nH]2)cc1. The maximum Gasteiger partial charge on any atom is 0.310 e. The number of esters is 1. The Balaban J connectivity index is 1.47. The van der Waals surface area contributed by atoms with Crippen LogP contribution in [0.2, 0.25) is 0 Å². The number of H-pyrrole nitrogens is 1. The summed E-state index contributed by atoms with van der Waals surface area (Å²) in [4.78, 5) is 26.5. The number of aryl methyl sites for hydroxylation is 2. The minimum Gasteiger partial charge on any atom is -0.489 e. The number of ether oxygens (including phenoxy) is 2. The largest absolute Gasteiger partial charge is 0.489 e. The van der Waals surface area contributed by atoms with E-state index in [2.05, 4.69) is 10.1 Å². The fourth-order valence-electron chi connectivity index (χ4n) is 2.51. The second-order valence-electron chi connectivity index (χ2n) is 6.08. The highest BCUT2D eigenvalue weighted by Gasteiger charge is 2.12. The van der Waals surface area contributed by atoms with E-state index in [1.54, 1.807) is 42.6 Å². The second kappa shape index (κ2) is 8.35. The van der Waals surface area contributed by atoms with Gasteiger partial charge in [0.1, 0.15) is 18.1 Å². The van der Waals surface area contributed by atoms with E-state index >= 15 is 0 Å². The van der Waals surface area contributed by atoms with Gasteiger partial charge < -0.3 is 19.0 Å². The summed E-state index contributed by atoms with van der Waals surface area (Å²) < 4.78 is 15.9. The fraction of sp³-hybridized carbons (Fsp3) is 0.250. The van der Waals surface area contributed by atoms with Crippen LogP contribution < -0.4 is 4.74 Å². The summed E-state index contributed by atoms with van der Waals surface area (Å²) in [5, 5.41) is 3.89. The molecule has 0 unspecified atom stereocenters. The maximum atomic E-state index is 11.9. The molecule has 7 heteroatoms. The third kappa shape index (κ3) is 4.84. The first kappa shape index (κ1) is 18.4. The van der Waals surface area contributed by atoms with Gasteiger partial charge in [0, 0.05) is 6.20 Å². The average molecular weight is 368 g/mol. The number of carbonyl (C=O) groups is 2. The normalized spacial score (nSPS) is 10.6. The molecule has 2 aromatic heterocycles. The maximum absolute atomic E-state index is 11.9. The van der Waals surface area contributed by atoms with E-state index < -0.39 is 5.97 Å². The molecule has 0 aliphatic carbocycles. The predicted octanol–water partition coefficient (Wildman–Crippen LogP) is 3.17. The van der Waals surface area contributed by atoms with Gasteiger partial charge in [0.2, 0.25) is 5.78 Å². The number of carbonyl (C=O) groups excluding carboxylic acids is 2. The van der Waals surface area contributed by atoms with E-state index in [1.165, 1.54) is 0 Å². The summed E-state index contributed by atoms with van der Waals surface area (Å²) in [6.45, 7) is 3.79. The number of nitrogens with zero attached hydrogens (tertiary/aromatic N) is 1. The zero-order valence-electron chi connectivity index (χ0n) is 15.2. The van der Waals surface area contributed by atoms with Crippen LogP contribution in [-0.2, 0) is 22.6 Å². The smallest absolute Gasteiger partial charge is 0.310 e. The van der Waals surface area contributed by atoms with Crippen LogP contribution in [0.5, 0.6) is 5.75 Å². The Hall–Kier alpha value is -3.35. The van der Waals surface area contributed by atoms with Gasteiger partial charge >= 0.3 is 5.97 Å². The van der Waals surface area contributed by atoms with Gasteiger partial charge in [-0.1, -0.05) is 17.3 Å². The molecule has 0 spiro atoms. The summed E-state index contributed by atoms with van der Waals surface area (Å²) in [7, 11) is 0. The van der Waals surface area contributed by atoms with Crippen molar-refractivity contribution in [3.63, 3.8) is 0 Å². The first-order valence-electron chi connectivity index (χ1n) is 8.48. The Kier molecular flexibility index (Phi) is 5.71. The van der Waals surface area contributed by atoms with Crippen LogP contribution in [-0.4, -0.2) is 28.5 Å². The van der Waals surface area contributed by atoms with Gasteiger partial charge in [0.25, 0.3) is 0 Å². The molecule has 0 radical (unpaired) electrons. The molecule has 140 valence electrons. The van der Waals surface area contributed by atoms with Crippen molar-refractivity contribution in [3.05, 3.63) is 70.9 Å². The number of Topliss-reactive ketones (excluding diaryl/α,β-unsaturated/α-hetero) is 1. The summed E-state index contributed by atoms with van der Waals surface area (Å²) in [6.07, 6.45) is 1.73.